The lowest BCUT2D eigenvalue weighted by atomic mass is 10.1. The quantitative estimate of drug-likeness (QED) is 0.0332. The number of imidazole rings is 2. The van der Waals surface area contributed by atoms with Crippen molar-refractivity contribution in [2.45, 2.75) is 49.1 Å². The van der Waals surface area contributed by atoms with E-state index in [4.69, 9.17) is 45.1 Å². The zero-order valence-corrected chi connectivity index (χ0v) is 32.5. The van der Waals surface area contributed by atoms with Gasteiger partial charge in [0.2, 0.25) is 38.6 Å². The number of aliphatic hydroxyl groups excluding tert-OH is 4. The monoisotopic (exact) mass is 884 g/mol. The summed E-state index contributed by atoms with van der Waals surface area (Å²) in [6, 6.07) is 0. The maximum absolute atomic E-state index is 12.7. The van der Waals surface area contributed by atoms with Crippen LogP contribution in [0.1, 0.15) is 12.5 Å². The fourth-order valence-corrected chi connectivity index (χ4v) is 11.0. The van der Waals surface area contributed by atoms with E-state index in [1.165, 1.54) is 35.9 Å². The molecule has 2 aliphatic heterocycles. The molecule has 2 aliphatic rings. The normalized spacial score (nSPS) is 29.6. The van der Waals surface area contributed by atoms with Gasteiger partial charge in [-0.1, -0.05) is 9.97 Å². The van der Waals surface area contributed by atoms with Crippen molar-refractivity contribution in [2.75, 3.05) is 24.7 Å². The molecule has 2 fully saturated rings. The highest BCUT2D eigenvalue weighted by molar-refractivity contribution is 7.85. The molecule has 0 spiro atoms. The average Bonchev–Trinajstić information content (AvgIpc) is 3.74. The number of H-pyrrole nitrogens is 2. The van der Waals surface area contributed by atoms with Gasteiger partial charge in [-0.15, -0.1) is 0 Å². The van der Waals surface area contributed by atoms with Gasteiger partial charge in [0.05, 0.1) is 27.3 Å². The number of phosphoric acid groups is 2. The Bertz CT molecular complexity index is 2370. The molecule has 0 amide bonds. The van der Waals surface area contributed by atoms with Gasteiger partial charge in [0, 0.05) is 0 Å². The first-order chi connectivity index (χ1) is 26.3. The molecule has 4 aromatic rings. The van der Waals surface area contributed by atoms with E-state index in [-0.39, 0.29) is 34.2 Å². The lowest BCUT2D eigenvalue weighted by molar-refractivity contribution is -0.746. The Morgan fingerprint density at radius 1 is 0.737 bits per heavy atom. The molecule has 0 bridgehead atoms. The third kappa shape index (κ3) is 9.05. The summed E-state index contributed by atoms with van der Waals surface area (Å²) in [5.41, 5.74) is 9.74. The number of aromatic nitrogens is 8. The standard InChI is InChI=1S/C22H30B2N10O19P4/c1-31-5-33(15-9(31)17(39)29-21(25)27-15)19-13(37)11(35)7(49-19)3-47-54(23,41)51-56(43,44)53-57(45,46)52-55(24,42)48-4-8-12(36)14(38)20(50-8)34-6-32(2)10-16(34)28-22(26)30-18(10)40/h5-8,11-14,19-20,35-38H,3-4H2,1-2H3,(H6-2,25,26,27,28,29,30,39,40,43,44,45,46)/t7-,8-,11-,12-,13-,14-,19-,20-,54-,55+/m1/s1. The van der Waals surface area contributed by atoms with Crippen LogP contribution in [0, 0.1) is 0 Å². The number of nitrogen functional groups attached to an aromatic ring is 2. The number of nitrogens with one attached hydrogen (secondary N) is 2. The van der Waals surface area contributed by atoms with Crippen molar-refractivity contribution < 1.29 is 89.1 Å². The Morgan fingerprint density at radius 2 is 1.09 bits per heavy atom. The van der Waals surface area contributed by atoms with E-state index in [1.807, 2.05) is 0 Å². The maximum atomic E-state index is 12.7. The summed E-state index contributed by atoms with van der Waals surface area (Å²) in [4.78, 5) is 61.9. The molecule has 57 heavy (non-hydrogen) atoms. The number of anilines is 2. The first-order valence-corrected chi connectivity index (χ1v) is 21.8. The van der Waals surface area contributed by atoms with E-state index in [9.17, 15) is 58.1 Å². The van der Waals surface area contributed by atoms with Gasteiger partial charge in [-0.2, -0.15) is 0 Å². The molecule has 308 valence electrons. The first-order valence-electron chi connectivity index (χ1n) is 15.7. The van der Waals surface area contributed by atoms with E-state index in [0.717, 1.165) is 9.13 Å². The maximum Gasteiger partial charge on any atom is 0.313 e. The molecule has 0 saturated carbocycles. The van der Waals surface area contributed by atoms with Crippen LogP contribution in [0.25, 0.3) is 22.3 Å². The van der Waals surface area contributed by atoms with Crippen LogP contribution in [0.3, 0.4) is 0 Å². The summed E-state index contributed by atoms with van der Waals surface area (Å²) >= 11 is 0. The molecule has 2 saturated heterocycles. The smallest absolute Gasteiger partial charge is 0.313 e. The third-order valence-electron chi connectivity index (χ3n) is 8.27. The fraction of sp³-hybridized carbons (Fsp3) is 0.545. The van der Waals surface area contributed by atoms with Gasteiger partial charge in [0.15, 0.2) is 12.7 Å². The largest absolute Gasteiger partial charge is 0.756 e. The Morgan fingerprint density at radius 3 is 1.44 bits per heavy atom. The number of rotatable bonds is 14. The molecule has 12 atom stereocenters. The molecule has 0 aromatic carbocycles. The van der Waals surface area contributed by atoms with Crippen molar-refractivity contribution in [3.63, 3.8) is 0 Å². The number of hydrogen-bond donors (Lipinski definition) is 8. The van der Waals surface area contributed by atoms with Crippen LogP contribution in [-0.2, 0) is 63.8 Å². The molecule has 6 rings (SSSR count). The van der Waals surface area contributed by atoms with Crippen molar-refractivity contribution in [3.05, 3.63) is 33.4 Å². The zero-order chi connectivity index (χ0) is 42.2. The van der Waals surface area contributed by atoms with Crippen LogP contribution in [0.2, 0.25) is 0 Å². The zero-order valence-electron chi connectivity index (χ0n) is 28.9. The summed E-state index contributed by atoms with van der Waals surface area (Å²) < 4.78 is 87.3. The minimum absolute atomic E-state index is 0.00548. The first kappa shape index (κ1) is 43.4. The molecule has 35 heteroatoms. The van der Waals surface area contributed by atoms with Crippen molar-refractivity contribution in [2.24, 2.45) is 14.1 Å². The number of aromatic amines is 2. The summed E-state index contributed by atoms with van der Waals surface area (Å²) in [7, 11) is -10.1. The second kappa shape index (κ2) is 15.5. The van der Waals surface area contributed by atoms with Crippen LogP contribution in [-0.4, -0.2) is 114 Å². The minimum Gasteiger partial charge on any atom is -0.756 e. The van der Waals surface area contributed by atoms with Crippen LogP contribution in [0.4, 0.5) is 11.9 Å². The predicted molar refractivity (Wildman–Crippen MR) is 181 cm³/mol. The predicted octanol–water partition coefficient (Wildman–Crippen LogP) is -5.91. The fourth-order valence-electron chi connectivity index (χ4n) is 5.94. The Labute approximate surface area is 319 Å². The van der Waals surface area contributed by atoms with Gasteiger partial charge in [-0.3, -0.25) is 47.0 Å². The van der Waals surface area contributed by atoms with E-state index in [1.54, 1.807) is 0 Å². The molecule has 10 N–H and O–H groups in total. The number of nitrogens with two attached hydrogens (primary N) is 2. The van der Waals surface area contributed by atoms with E-state index in [0.29, 0.717) is 0 Å². The Hall–Kier alpha value is -3.17. The highest BCUT2D eigenvalue weighted by Crippen LogP contribution is 2.68. The third-order valence-corrected chi connectivity index (χ3v) is 14.3. The minimum atomic E-state index is -6.38. The summed E-state index contributed by atoms with van der Waals surface area (Å²) in [5.74, 6) is -0.590. The average molecular weight is 884 g/mol. The number of fused-ring (bicyclic) bond motifs is 2. The molecular formula is C22H30B2N10O19P4. The van der Waals surface area contributed by atoms with E-state index >= 15 is 0 Å². The molecule has 4 aromatic heterocycles. The number of nitrogens with zero attached hydrogens (tertiary/aromatic N) is 6. The van der Waals surface area contributed by atoms with Gasteiger partial charge >= 0.3 is 11.3 Å². The number of hydrogen-bond acceptors (Lipinski definition) is 23. The SMILES string of the molecule is [B][P@](=O)(OC[C@H]1O[C@@H]([n+]2cn(C)c3c(=O)[nH]c(N)nc32)[C@H](O)[C@@H]1O)OP(=O)([O-])OP(=O)([O-])O[P@]([B])(=O)OC[C@H]1O[C@@H]([n+]2cn(C)c3c(=O)[nH]c(N)nc32)[C@H](O)[C@@H]1O. The molecule has 29 nitrogen and oxygen atoms in total. The second-order valence-corrected chi connectivity index (χ2v) is 18.8. The lowest BCUT2D eigenvalue weighted by Gasteiger charge is -2.33. The lowest BCUT2D eigenvalue weighted by Crippen LogP contribution is -2.46. The van der Waals surface area contributed by atoms with Crippen LogP contribution < -0.4 is 41.5 Å². The van der Waals surface area contributed by atoms with Crippen molar-refractivity contribution in [1.82, 2.24) is 29.1 Å². The summed E-state index contributed by atoms with van der Waals surface area (Å²) in [6.07, 6.45) is -10.8. The Balaban J connectivity index is 1.04. The van der Waals surface area contributed by atoms with Crippen molar-refractivity contribution >= 4 is 79.9 Å². The highest BCUT2D eigenvalue weighted by atomic mass is 31.3. The number of ether oxygens (including phenoxy) is 2. The topological polar surface area (TPSA) is 421 Å². The van der Waals surface area contributed by atoms with E-state index < -0.39 is 104 Å². The second-order valence-electron chi connectivity index (χ2n) is 12.4. The van der Waals surface area contributed by atoms with Crippen LogP contribution >= 0.6 is 30.6 Å². The molecule has 4 radical (unpaired) electrons. The van der Waals surface area contributed by atoms with Gasteiger partial charge in [0.1, 0.15) is 36.6 Å². The van der Waals surface area contributed by atoms with Crippen LogP contribution in [0.5, 0.6) is 0 Å². The summed E-state index contributed by atoms with van der Waals surface area (Å²) in [5, 5.41) is 42.3. The van der Waals surface area contributed by atoms with Gasteiger partial charge in [0.25, 0.3) is 53.6 Å². The molecule has 6 heterocycles. The van der Waals surface area contributed by atoms with Gasteiger partial charge < -0.3 is 60.2 Å². The molecule has 0 aliphatic carbocycles. The molecular weight excluding hydrogens is 854 g/mol. The van der Waals surface area contributed by atoms with Crippen molar-refractivity contribution in [1.29, 1.82) is 0 Å². The summed E-state index contributed by atoms with van der Waals surface area (Å²) in [6.45, 7) is -2.12. The van der Waals surface area contributed by atoms with Crippen molar-refractivity contribution in [3.8, 4) is 0 Å². The number of aliphatic hydroxyl groups is 4. The van der Waals surface area contributed by atoms with E-state index in [2.05, 4.69) is 32.9 Å². The van der Waals surface area contributed by atoms with Gasteiger partial charge in [-0.25, -0.2) is 22.1 Å². The van der Waals surface area contributed by atoms with Gasteiger partial charge in [-0.05, 0) is 0 Å². The molecule has 2 unspecified atom stereocenters. The Kier molecular flexibility index (Phi) is 11.8. The number of aryl methyl sites for hydroxylation is 2. The highest BCUT2D eigenvalue weighted by Gasteiger charge is 2.49. The van der Waals surface area contributed by atoms with Crippen LogP contribution in [0.15, 0.2) is 22.2 Å².